The summed E-state index contributed by atoms with van der Waals surface area (Å²) in [5.74, 6) is -3.23. The van der Waals surface area contributed by atoms with E-state index in [1.807, 2.05) is 12.2 Å². The number of carbonyl (C=O) groups is 4. The summed E-state index contributed by atoms with van der Waals surface area (Å²) in [4.78, 5) is 51.3. The smallest absolute Gasteiger partial charge is 0.335 e. The van der Waals surface area contributed by atoms with Gasteiger partial charge < -0.3 is 39.0 Å². The van der Waals surface area contributed by atoms with E-state index in [1.54, 1.807) is 0 Å². The maximum absolute atomic E-state index is 13.2. The number of hydrogen-bond acceptors (Lipinski definition) is 11. The van der Waals surface area contributed by atoms with E-state index < -0.39 is 67.3 Å². The summed E-state index contributed by atoms with van der Waals surface area (Å²) in [6.45, 7) is 5.82. The van der Waals surface area contributed by atoms with Gasteiger partial charge in [0.25, 0.3) is 0 Å². The summed E-state index contributed by atoms with van der Waals surface area (Å²) < 4.78 is 28.5. The lowest BCUT2D eigenvalue weighted by Crippen LogP contribution is -2.61. The minimum atomic E-state index is -1.92. The van der Waals surface area contributed by atoms with Gasteiger partial charge >= 0.3 is 23.9 Å². The minimum Gasteiger partial charge on any atom is -0.479 e. The summed E-state index contributed by atoms with van der Waals surface area (Å²) in [6.07, 6.45) is 65.2. The van der Waals surface area contributed by atoms with Crippen LogP contribution in [-0.2, 0) is 42.9 Å². The van der Waals surface area contributed by atoms with Crippen molar-refractivity contribution < 1.29 is 58.2 Å². The summed E-state index contributed by atoms with van der Waals surface area (Å²) in [7, 11) is 0. The predicted octanol–water partition coefficient (Wildman–Crippen LogP) is 18.0. The van der Waals surface area contributed by atoms with Gasteiger partial charge in [-0.15, -0.1) is 0 Å². The minimum absolute atomic E-state index is 0.0529. The largest absolute Gasteiger partial charge is 0.479 e. The Morgan fingerprint density at radius 2 is 0.783 bits per heavy atom. The third-order valence-electron chi connectivity index (χ3n) is 14.7. The molecule has 0 aromatic heterocycles. The summed E-state index contributed by atoms with van der Waals surface area (Å²) in [5.41, 5.74) is 0. The highest BCUT2D eigenvalue weighted by Crippen LogP contribution is 2.27. The van der Waals surface area contributed by atoms with Gasteiger partial charge in [0.15, 0.2) is 24.6 Å². The van der Waals surface area contributed by atoms with Gasteiger partial charge in [0.1, 0.15) is 18.8 Å². The Morgan fingerprint density at radius 3 is 1.23 bits per heavy atom. The van der Waals surface area contributed by atoms with Gasteiger partial charge in [-0.05, 0) is 89.9 Å². The molecule has 0 aromatic carbocycles. The second-order valence-corrected chi connectivity index (χ2v) is 22.4. The molecule has 1 fully saturated rings. The zero-order chi connectivity index (χ0) is 60.3. The van der Waals surface area contributed by atoms with Crippen LogP contribution >= 0.6 is 0 Å². The Kier molecular flexibility index (Phi) is 53.6. The van der Waals surface area contributed by atoms with Gasteiger partial charge in [-0.25, -0.2) is 4.79 Å². The van der Waals surface area contributed by atoms with Crippen molar-refractivity contribution in [3.05, 3.63) is 97.2 Å². The van der Waals surface area contributed by atoms with Gasteiger partial charge in [-0.2, -0.15) is 0 Å². The fourth-order valence-electron chi connectivity index (χ4n) is 9.60. The van der Waals surface area contributed by atoms with Crippen LogP contribution in [0.4, 0.5) is 0 Å². The van der Waals surface area contributed by atoms with Crippen LogP contribution in [0.1, 0.15) is 278 Å². The molecule has 0 aromatic rings. The topological polar surface area (TPSA) is 175 Å². The van der Waals surface area contributed by atoms with Crippen molar-refractivity contribution in [3.63, 3.8) is 0 Å². The summed E-state index contributed by atoms with van der Waals surface area (Å²) in [5, 5.41) is 31.6. The molecule has 0 bridgehead atoms. The molecule has 0 aliphatic carbocycles. The van der Waals surface area contributed by atoms with Crippen LogP contribution in [0.3, 0.4) is 0 Å². The van der Waals surface area contributed by atoms with Gasteiger partial charge in [0.2, 0.25) is 0 Å². The Morgan fingerprint density at radius 1 is 0.410 bits per heavy atom. The van der Waals surface area contributed by atoms with Crippen molar-refractivity contribution in [2.24, 2.45) is 0 Å². The molecule has 6 unspecified atom stereocenters. The standard InChI is InChI=1S/C71H118O12/c1-4-7-10-13-16-19-22-25-28-30-32-34-37-39-42-45-48-51-54-57-63(72)79-60-62(81-64(73)58-55-52-49-46-43-41-38-35-33-31-29-26-23-20-17-14-11-8-5-2)61-80-71-69(67(76)66(75)68(83-71)70(77)78)82-65(74)59-56-53-50-47-44-40-36-27-24-21-18-15-12-9-6-3/h7,10,16-17,19-20,25-26,28-29,32,34,39,42,48,51,62,66-69,71,75-76H,4-6,8-9,11-15,18,21-24,27,30-31,33,35-38,40-41,43-47,49-50,52-61H2,1-3H3,(H,77,78)/b10-7-,19-16-,20-17-,28-25-,29-26-,34-32-,42-39-,51-48-. The number of rotatable bonds is 56. The maximum Gasteiger partial charge on any atom is 0.335 e. The van der Waals surface area contributed by atoms with Crippen molar-refractivity contribution in [2.75, 3.05) is 13.2 Å². The number of carboxylic acids is 1. The van der Waals surface area contributed by atoms with Crippen LogP contribution in [0.15, 0.2) is 97.2 Å². The molecule has 0 spiro atoms. The first-order chi connectivity index (χ1) is 40.6. The van der Waals surface area contributed by atoms with Crippen molar-refractivity contribution >= 4 is 23.9 Å². The van der Waals surface area contributed by atoms with Gasteiger partial charge in [-0.1, -0.05) is 266 Å². The molecule has 83 heavy (non-hydrogen) atoms. The highest BCUT2D eigenvalue weighted by Gasteiger charge is 2.50. The van der Waals surface area contributed by atoms with Crippen LogP contribution in [0.2, 0.25) is 0 Å². The average Bonchev–Trinajstić information content (AvgIpc) is 3.58. The van der Waals surface area contributed by atoms with E-state index in [0.717, 1.165) is 103 Å². The number of aliphatic hydroxyl groups is 2. The molecule has 12 nitrogen and oxygen atoms in total. The molecule has 474 valence electrons. The lowest BCUT2D eigenvalue weighted by molar-refractivity contribution is -0.301. The fourth-order valence-corrected chi connectivity index (χ4v) is 9.60. The lowest BCUT2D eigenvalue weighted by Gasteiger charge is -2.40. The van der Waals surface area contributed by atoms with E-state index in [0.29, 0.717) is 19.3 Å². The Labute approximate surface area is 504 Å². The van der Waals surface area contributed by atoms with Crippen molar-refractivity contribution in [2.45, 2.75) is 314 Å². The summed E-state index contributed by atoms with van der Waals surface area (Å²) >= 11 is 0. The number of aliphatic hydroxyl groups excluding tert-OH is 2. The first kappa shape index (κ1) is 76.7. The molecule has 0 saturated carbocycles. The molecule has 1 aliphatic heterocycles. The number of ether oxygens (including phenoxy) is 5. The number of aliphatic carboxylic acids is 1. The molecule has 1 rings (SSSR count). The molecule has 0 amide bonds. The molecule has 6 atom stereocenters. The SMILES string of the molecule is CC/C=C\C/C=C\C/C=C\C/C=C\C/C=C\C/C=C\CCC(=O)OCC(COC1OC(C(=O)O)C(O)C(O)C1OC(=O)CCCCCCCCCCCCCCCCC)OC(=O)CCCCCCCCCCC/C=C\C/C=C\CCCCC. The van der Waals surface area contributed by atoms with Crippen LogP contribution in [0.25, 0.3) is 0 Å². The van der Waals surface area contributed by atoms with Gasteiger partial charge in [0, 0.05) is 19.3 Å². The molecule has 3 N–H and O–H groups in total. The number of carboxylic acid groups (broad SMARTS) is 1. The van der Waals surface area contributed by atoms with Crippen molar-refractivity contribution in [1.82, 2.24) is 0 Å². The Hall–Kier alpha value is -4.36. The van der Waals surface area contributed by atoms with Crippen LogP contribution in [0.5, 0.6) is 0 Å². The van der Waals surface area contributed by atoms with Crippen LogP contribution in [-0.4, -0.2) is 89.2 Å². The number of esters is 3. The van der Waals surface area contributed by atoms with Gasteiger partial charge in [0.05, 0.1) is 6.61 Å². The second-order valence-electron chi connectivity index (χ2n) is 22.4. The van der Waals surface area contributed by atoms with Gasteiger partial charge in [-0.3, -0.25) is 14.4 Å². The van der Waals surface area contributed by atoms with E-state index in [2.05, 4.69) is 106 Å². The lowest BCUT2D eigenvalue weighted by atomic mass is 9.98. The molecule has 12 heteroatoms. The highest BCUT2D eigenvalue weighted by molar-refractivity contribution is 5.74. The van der Waals surface area contributed by atoms with E-state index in [9.17, 15) is 34.5 Å². The van der Waals surface area contributed by atoms with Crippen molar-refractivity contribution in [1.29, 1.82) is 0 Å². The number of carbonyl (C=O) groups excluding carboxylic acids is 3. The first-order valence-electron chi connectivity index (χ1n) is 33.2. The monoisotopic (exact) mass is 1160 g/mol. The molecule has 0 radical (unpaired) electrons. The van der Waals surface area contributed by atoms with Crippen LogP contribution in [0, 0.1) is 0 Å². The highest BCUT2D eigenvalue weighted by atomic mass is 16.7. The quantitative estimate of drug-likeness (QED) is 0.0228. The third-order valence-corrected chi connectivity index (χ3v) is 14.7. The zero-order valence-electron chi connectivity index (χ0n) is 52.4. The molecule has 1 heterocycles. The number of hydrogen-bond donors (Lipinski definition) is 3. The Bertz CT molecular complexity index is 1810. The fraction of sp³-hybridized carbons (Fsp3) is 0.718. The predicted molar refractivity (Wildman–Crippen MR) is 340 cm³/mol. The molecule has 1 aliphatic rings. The van der Waals surface area contributed by atoms with E-state index in [1.165, 1.54) is 116 Å². The number of unbranched alkanes of at least 4 members (excludes halogenated alkanes) is 26. The second kappa shape index (κ2) is 58.0. The van der Waals surface area contributed by atoms with E-state index in [-0.39, 0.29) is 25.9 Å². The van der Waals surface area contributed by atoms with E-state index in [4.69, 9.17) is 23.7 Å². The zero-order valence-corrected chi connectivity index (χ0v) is 52.4. The number of allylic oxidation sites excluding steroid dienone is 16. The third kappa shape index (κ3) is 47.6. The Balaban J connectivity index is 2.70. The molecule has 1 saturated heterocycles. The average molecular weight is 1160 g/mol. The summed E-state index contributed by atoms with van der Waals surface area (Å²) in [6, 6.07) is 0. The maximum atomic E-state index is 13.2. The molecular formula is C71H118O12. The van der Waals surface area contributed by atoms with Crippen molar-refractivity contribution in [3.8, 4) is 0 Å². The van der Waals surface area contributed by atoms with E-state index >= 15 is 0 Å². The molecular weight excluding hydrogens is 1040 g/mol. The first-order valence-corrected chi connectivity index (χ1v) is 33.2. The normalized spacial score (nSPS) is 18.2. The van der Waals surface area contributed by atoms with Crippen LogP contribution < -0.4 is 0 Å².